The van der Waals surface area contributed by atoms with Gasteiger partial charge in [-0.2, -0.15) is 0 Å². The van der Waals surface area contributed by atoms with Crippen LogP contribution in [0.25, 0.3) is 0 Å². The van der Waals surface area contributed by atoms with Crippen LogP contribution in [0.2, 0.25) is 0 Å². The third kappa shape index (κ3) is 2.90. The van der Waals surface area contributed by atoms with E-state index < -0.39 is 0 Å². The Kier molecular flexibility index (Phi) is 3.85. The highest BCUT2D eigenvalue weighted by Gasteiger charge is 2.48. The van der Waals surface area contributed by atoms with Gasteiger partial charge in [-0.15, -0.1) is 0 Å². The van der Waals surface area contributed by atoms with Crippen molar-refractivity contribution in [3.8, 4) is 0 Å². The van der Waals surface area contributed by atoms with E-state index in [4.69, 9.17) is 9.47 Å². The standard InChI is InChI=1S/C17H25NO2/c1-16(2)13-17(19-10-11-20-17)9-8-15(16)18-12-14-6-4-3-5-7-14/h3-7,15,18H,8-13H2,1-2H3. The lowest BCUT2D eigenvalue weighted by molar-refractivity contribution is -0.203. The minimum Gasteiger partial charge on any atom is -0.348 e. The number of nitrogens with one attached hydrogen (secondary N) is 1. The topological polar surface area (TPSA) is 30.5 Å². The second-order valence-electron chi connectivity index (χ2n) is 6.73. The van der Waals surface area contributed by atoms with Gasteiger partial charge >= 0.3 is 0 Å². The summed E-state index contributed by atoms with van der Waals surface area (Å²) in [6.45, 7) is 7.07. The predicted octanol–water partition coefficient (Wildman–Crippen LogP) is 3.10. The number of benzene rings is 1. The maximum atomic E-state index is 5.88. The van der Waals surface area contributed by atoms with Crippen molar-refractivity contribution in [1.82, 2.24) is 5.32 Å². The smallest absolute Gasteiger partial charge is 0.169 e. The molecule has 2 fully saturated rings. The molecule has 1 atom stereocenters. The van der Waals surface area contributed by atoms with Gasteiger partial charge in [0.1, 0.15) is 0 Å². The van der Waals surface area contributed by atoms with Crippen LogP contribution in [0.4, 0.5) is 0 Å². The largest absolute Gasteiger partial charge is 0.348 e. The molecular weight excluding hydrogens is 250 g/mol. The fourth-order valence-corrected chi connectivity index (χ4v) is 3.62. The van der Waals surface area contributed by atoms with Crippen molar-refractivity contribution in [2.45, 2.75) is 51.5 Å². The minimum absolute atomic E-state index is 0.192. The van der Waals surface area contributed by atoms with Crippen LogP contribution >= 0.6 is 0 Å². The predicted molar refractivity (Wildman–Crippen MR) is 79.3 cm³/mol. The van der Waals surface area contributed by atoms with E-state index in [-0.39, 0.29) is 11.2 Å². The molecule has 110 valence electrons. The molecule has 2 aliphatic rings. The van der Waals surface area contributed by atoms with Crippen molar-refractivity contribution >= 4 is 0 Å². The summed E-state index contributed by atoms with van der Waals surface area (Å²) in [4.78, 5) is 0. The van der Waals surface area contributed by atoms with Crippen LogP contribution in [0.1, 0.15) is 38.7 Å². The fraction of sp³-hybridized carbons (Fsp3) is 0.647. The highest BCUT2D eigenvalue weighted by molar-refractivity contribution is 5.14. The van der Waals surface area contributed by atoms with Gasteiger partial charge in [-0.1, -0.05) is 44.2 Å². The molecule has 1 N–H and O–H groups in total. The lowest BCUT2D eigenvalue weighted by Gasteiger charge is -2.46. The molecule has 1 saturated heterocycles. The third-order valence-corrected chi connectivity index (χ3v) is 4.69. The maximum absolute atomic E-state index is 5.88. The van der Waals surface area contributed by atoms with Gasteiger partial charge in [0.2, 0.25) is 0 Å². The molecule has 3 heteroatoms. The summed E-state index contributed by atoms with van der Waals surface area (Å²) < 4.78 is 11.8. The van der Waals surface area contributed by atoms with Gasteiger partial charge in [-0.05, 0) is 17.4 Å². The second-order valence-corrected chi connectivity index (χ2v) is 6.73. The average Bonchev–Trinajstić information content (AvgIpc) is 2.86. The van der Waals surface area contributed by atoms with Crippen LogP contribution in [-0.4, -0.2) is 25.0 Å². The van der Waals surface area contributed by atoms with E-state index in [9.17, 15) is 0 Å². The Balaban J connectivity index is 1.60. The van der Waals surface area contributed by atoms with E-state index in [2.05, 4.69) is 49.5 Å². The van der Waals surface area contributed by atoms with Crippen molar-refractivity contribution in [1.29, 1.82) is 0 Å². The Morgan fingerprint density at radius 2 is 1.85 bits per heavy atom. The summed E-state index contributed by atoms with van der Waals surface area (Å²) >= 11 is 0. The molecule has 1 saturated carbocycles. The quantitative estimate of drug-likeness (QED) is 0.919. The van der Waals surface area contributed by atoms with Gasteiger partial charge in [0.25, 0.3) is 0 Å². The summed E-state index contributed by atoms with van der Waals surface area (Å²) in [5.41, 5.74) is 1.54. The van der Waals surface area contributed by atoms with E-state index in [1.165, 1.54) is 5.56 Å². The SMILES string of the molecule is CC1(C)CC2(CCC1NCc1ccccc1)OCCO2. The molecule has 1 heterocycles. The lowest BCUT2D eigenvalue weighted by atomic mass is 9.70. The minimum atomic E-state index is -0.297. The molecule has 20 heavy (non-hydrogen) atoms. The molecule has 3 nitrogen and oxygen atoms in total. The van der Waals surface area contributed by atoms with Gasteiger partial charge in [0.15, 0.2) is 5.79 Å². The Hall–Kier alpha value is -0.900. The Morgan fingerprint density at radius 3 is 2.50 bits per heavy atom. The normalized spacial score (nSPS) is 27.8. The molecule has 3 rings (SSSR count). The Morgan fingerprint density at radius 1 is 1.15 bits per heavy atom. The van der Waals surface area contributed by atoms with E-state index in [1.807, 2.05) is 0 Å². The molecule has 1 aromatic rings. The van der Waals surface area contributed by atoms with Crippen LogP contribution in [0.3, 0.4) is 0 Å². The van der Waals surface area contributed by atoms with Gasteiger partial charge in [0, 0.05) is 25.4 Å². The molecule has 1 aliphatic heterocycles. The van der Waals surface area contributed by atoms with Crippen molar-refractivity contribution in [2.75, 3.05) is 13.2 Å². The molecule has 0 amide bonds. The Labute approximate surface area is 121 Å². The van der Waals surface area contributed by atoms with E-state index in [1.54, 1.807) is 0 Å². The van der Waals surface area contributed by atoms with E-state index in [0.29, 0.717) is 6.04 Å². The average molecular weight is 275 g/mol. The zero-order valence-corrected chi connectivity index (χ0v) is 12.5. The molecule has 1 unspecified atom stereocenters. The van der Waals surface area contributed by atoms with Crippen molar-refractivity contribution < 1.29 is 9.47 Å². The van der Waals surface area contributed by atoms with Gasteiger partial charge < -0.3 is 14.8 Å². The molecule has 1 spiro atoms. The van der Waals surface area contributed by atoms with Crippen molar-refractivity contribution in [2.24, 2.45) is 5.41 Å². The van der Waals surface area contributed by atoms with Gasteiger partial charge in [-0.25, -0.2) is 0 Å². The van der Waals surface area contributed by atoms with Crippen molar-refractivity contribution in [3.63, 3.8) is 0 Å². The molecule has 1 aliphatic carbocycles. The maximum Gasteiger partial charge on any atom is 0.169 e. The van der Waals surface area contributed by atoms with Gasteiger partial charge in [-0.3, -0.25) is 0 Å². The van der Waals surface area contributed by atoms with Crippen LogP contribution in [0.15, 0.2) is 30.3 Å². The first-order valence-corrected chi connectivity index (χ1v) is 7.65. The van der Waals surface area contributed by atoms with Gasteiger partial charge in [0.05, 0.1) is 13.2 Å². The summed E-state index contributed by atoms with van der Waals surface area (Å²) in [7, 11) is 0. The van der Waals surface area contributed by atoms with Crippen LogP contribution in [0.5, 0.6) is 0 Å². The Bertz CT molecular complexity index is 438. The summed E-state index contributed by atoms with van der Waals surface area (Å²) in [5, 5.41) is 3.72. The molecule has 0 radical (unpaired) electrons. The molecule has 1 aromatic carbocycles. The molecule has 0 bridgehead atoms. The first-order chi connectivity index (χ1) is 9.60. The zero-order valence-electron chi connectivity index (χ0n) is 12.5. The zero-order chi connectivity index (χ0) is 14.1. The fourth-order valence-electron chi connectivity index (χ4n) is 3.62. The highest BCUT2D eigenvalue weighted by Crippen LogP contribution is 2.45. The molecule has 0 aromatic heterocycles. The van der Waals surface area contributed by atoms with E-state index >= 15 is 0 Å². The van der Waals surface area contributed by atoms with E-state index in [0.717, 1.165) is 39.0 Å². The van der Waals surface area contributed by atoms with Crippen LogP contribution in [-0.2, 0) is 16.0 Å². The third-order valence-electron chi connectivity index (χ3n) is 4.69. The lowest BCUT2D eigenvalue weighted by Crippen LogP contribution is -2.52. The second kappa shape index (κ2) is 5.47. The van der Waals surface area contributed by atoms with Crippen molar-refractivity contribution in [3.05, 3.63) is 35.9 Å². The summed E-state index contributed by atoms with van der Waals surface area (Å²) in [5.74, 6) is -0.297. The van der Waals surface area contributed by atoms with Crippen LogP contribution < -0.4 is 5.32 Å². The number of hydrogen-bond donors (Lipinski definition) is 1. The molecular formula is C17H25NO2. The summed E-state index contributed by atoms with van der Waals surface area (Å²) in [6.07, 6.45) is 3.09. The first kappa shape index (κ1) is 14.1. The van der Waals surface area contributed by atoms with Crippen LogP contribution in [0, 0.1) is 5.41 Å². The number of hydrogen-bond acceptors (Lipinski definition) is 3. The monoisotopic (exact) mass is 275 g/mol. The first-order valence-electron chi connectivity index (χ1n) is 7.65. The number of ether oxygens (including phenoxy) is 2. The number of rotatable bonds is 3. The highest BCUT2D eigenvalue weighted by atomic mass is 16.7. The summed E-state index contributed by atoms with van der Waals surface area (Å²) in [6, 6.07) is 11.1.